The molecule has 2 aromatic heterocycles. The fourth-order valence-corrected chi connectivity index (χ4v) is 4.31. The molecule has 2 aliphatic rings. The third-order valence-electron chi connectivity index (χ3n) is 6.19. The van der Waals surface area contributed by atoms with E-state index in [-0.39, 0.29) is 17.3 Å². The van der Waals surface area contributed by atoms with Crippen molar-refractivity contribution < 1.29 is 14.3 Å². The third-order valence-corrected chi connectivity index (χ3v) is 6.19. The molecular formula is C24H33N7O3. The number of nitrogens with zero attached hydrogens (tertiary/aromatic N) is 5. The number of carbonyl (C=O) groups excluding carboxylic acids is 2. The zero-order valence-corrected chi connectivity index (χ0v) is 20.1. The van der Waals surface area contributed by atoms with Crippen molar-refractivity contribution in [2.75, 3.05) is 32.7 Å². The molecule has 2 aliphatic heterocycles. The Morgan fingerprint density at radius 3 is 2.50 bits per heavy atom. The van der Waals surface area contributed by atoms with E-state index in [9.17, 15) is 9.59 Å². The van der Waals surface area contributed by atoms with Crippen LogP contribution < -0.4 is 15.4 Å². The van der Waals surface area contributed by atoms with Crippen LogP contribution in [0.15, 0.2) is 36.7 Å². The number of piperidine rings is 1. The van der Waals surface area contributed by atoms with Gasteiger partial charge in [0.15, 0.2) is 11.5 Å². The number of pyridine rings is 1. The van der Waals surface area contributed by atoms with E-state index in [0.717, 1.165) is 31.6 Å². The van der Waals surface area contributed by atoms with Crippen molar-refractivity contribution in [2.45, 2.75) is 51.1 Å². The summed E-state index contributed by atoms with van der Waals surface area (Å²) in [4.78, 5) is 43.5. The molecule has 0 radical (unpaired) electrons. The highest BCUT2D eigenvalue weighted by Gasteiger charge is 2.48. The summed E-state index contributed by atoms with van der Waals surface area (Å²) >= 11 is 0. The lowest BCUT2D eigenvalue weighted by Crippen LogP contribution is -2.65. The highest BCUT2D eigenvalue weighted by molar-refractivity contribution is 5.77. The van der Waals surface area contributed by atoms with E-state index in [0.29, 0.717) is 31.9 Å². The number of carbonyl (C=O) groups is 2. The van der Waals surface area contributed by atoms with Crippen molar-refractivity contribution in [2.24, 2.45) is 0 Å². The van der Waals surface area contributed by atoms with Crippen LogP contribution in [0.3, 0.4) is 0 Å². The molecule has 0 aromatic carbocycles. The minimum atomic E-state index is -1.21. The molecule has 2 N–H and O–H groups in total. The van der Waals surface area contributed by atoms with Crippen LogP contribution in [0.4, 0.5) is 9.59 Å². The summed E-state index contributed by atoms with van der Waals surface area (Å²) in [5, 5.41) is 6.36. The summed E-state index contributed by atoms with van der Waals surface area (Å²) in [5.41, 5.74) is -0.576. The van der Waals surface area contributed by atoms with Gasteiger partial charge < -0.3 is 20.3 Å². The van der Waals surface area contributed by atoms with Crippen LogP contribution in [0.1, 0.15) is 51.6 Å². The maximum atomic E-state index is 13.5. The van der Waals surface area contributed by atoms with Crippen molar-refractivity contribution in [3.8, 4) is 5.88 Å². The molecule has 34 heavy (non-hydrogen) atoms. The molecule has 2 saturated heterocycles. The lowest BCUT2D eigenvalue weighted by Gasteiger charge is -2.46. The van der Waals surface area contributed by atoms with Gasteiger partial charge >= 0.3 is 12.1 Å². The summed E-state index contributed by atoms with van der Waals surface area (Å²) in [6, 6.07) is 6.86. The molecule has 1 unspecified atom stereocenters. The molecule has 0 spiro atoms. The molecule has 182 valence electrons. The number of ether oxygens (including phenoxy) is 1. The molecule has 10 nitrogen and oxygen atoms in total. The first kappa shape index (κ1) is 23.9. The average Bonchev–Trinajstić information content (AvgIpc) is 2.85. The molecule has 10 heteroatoms. The molecule has 2 fully saturated rings. The van der Waals surface area contributed by atoms with Crippen molar-refractivity contribution in [1.82, 2.24) is 35.4 Å². The monoisotopic (exact) mass is 467 g/mol. The Balaban J connectivity index is 1.64. The van der Waals surface area contributed by atoms with E-state index in [1.165, 1.54) is 4.90 Å². The standard InChI is InChI=1S/C24H33N7O3/c1-23(2,3)18-8-6-9-19(28-18)34-22(33)31-15-5-4-10-24(31,20-26-11-7-12-27-20)29-21(32)30-16-13-25-14-17-30/h6-9,11-12,25H,4-5,10,13-17H2,1-3H3,(H,29,32). The summed E-state index contributed by atoms with van der Waals surface area (Å²) in [7, 11) is 0. The molecule has 0 saturated carbocycles. The van der Waals surface area contributed by atoms with E-state index in [4.69, 9.17) is 4.74 Å². The van der Waals surface area contributed by atoms with E-state index < -0.39 is 11.8 Å². The number of rotatable bonds is 3. The normalized spacial score (nSPS) is 21.1. The first-order valence-corrected chi connectivity index (χ1v) is 11.8. The number of likely N-dealkylation sites (tertiary alicyclic amines) is 1. The van der Waals surface area contributed by atoms with E-state index >= 15 is 0 Å². The van der Waals surface area contributed by atoms with Crippen LogP contribution in [-0.4, -0.2) is 69.6 Å². The number of hydrogen-bond donors (Lipinski definition) is 2. The van der Waals surface area contributed by atoms with Gasteiger partial charge in [-0.2, -0.15) is 0 Å². The zero-order chi connectivity index (χ0) is 24.2. The smallest absolute Gasteiger partial charge is 0.391 e. The number of aromatic nitrogens is 3. The summed E-state index contributed by atoms with van der Waals surface area (Å²) < 4.78 is 5.74. The fourth-order valence-electron chi connectivity index (χ4n) is 4.31. The van der Waals surface area contributed by atoms with Gasteiger partial charge in [-0.1, -0.05) is 26.8 Å². The molecule has 4 rings (SSSR count). The summed E-state index contributed by atoms with van der Waals surface area (Å²) in [6.45, 7) is 9.18. The number of piperazine rings is 1. The van der Waals surface area contributed by atoms with E-state index in [2.05, 4.69) is 46.4 Å². The minimum absolute atomic E-state index is 0.188. The molecular weight excluding hydrogens is 434 g/mol. The van der Waals surface area contributed by atoms with Crippen molar-refractivity contribution in [3.05, 3.63) is 48.2 Å². The lowest BCUT2D eigenvalue weighted by molar-refractivity contribution is 0.0217. The Hall–Kier alpha value is -3.27. The molecule has 0 bridgehead atoms. The van der Waals surface area contributed by atoms with Gasteiger partial charge in [-0.15, -0.1) is 0 Å². The maximum Gasteiger partial charge on any atom is 0.418 e. The number of urea groups is 1. The highest BCUT2D eigenvalue weighted by atomic mass is 16.6. The first-order valence-electron chi connectivity index (χ1n) is 11.8. The van der Waals surface area contributed by atoms with Gasteiger partial charge in [-0.05, 0) is 31.4 Å². The van der Waals surface area contributed by atoms with Gasteiger partial charge in [0.1, 0.15) is 0 Å². The van der Waals surface area contributed by atoms with Gasteiger partial charge in [-0.3, -0.25) is 4.90 Å². The molecule has 4 heterocycles. The van der Waals surface area contributed by atoms with Gasteiger partial charge in [0, 0.05) is 62.3 Å². The van der Waals surface area contributed by atoms with Crippen molar-refractivity contribution in [3.63, 3.8) is 0 Å². The quantitative estimate of drug-likeness (QED) is 0.713. The van der Waals surface area contributed by atoms with Crippen LogP contribution in [0, 0.1) is 0 Å². The van der Waals surface area contributed by atoms with Gasteiger partial charge in [0.2, 0.25) is 5.88 Å². The van der Waals surface area contributed by atoms with Crippen molar-refractivity contribution >= 4 is 12.1 Å². The molecule has 0 aliphatic carbocycles. The second-order valence-corrected chi connectivity index (χ2v) is 9.69. The number of nitrogens with one attached hydrogen (secondary N) is 2. The Morgan fingerprint density at radius 2 is 1.79 bits per heavy atom. The number of hydrogen-bond acceptors (Lipinski definition) is 7. The van der Waals surface area contributed by atoms with E-state index in [1.807, 2.05) is 12.1 Å². The van der Waals surface area contributed by atoms with E-state index in [1.54, 1.807) is 29.4 Å². The molecule has 1 atom stereocenters. The molecule has 2 aromatic rings. The topological polar surface area (TPSA) is 113 Å². The van der Waals surface area contributed by atoms with Crippen LogP contribution in [-0.2, 0) is 11.1 Å². The second kappa shape index (κ2) is 9.92. The van der Waals surface area contributed by atoms with Gasteiger partial charge in [-0.25, -0.2) is 24.5 Å². The van der Waals surface area contributed by atoms with Crippen LogP contribution >= 0.6 is 0 Å². The van der Waals surface area contributed by atoms with Crippen LogP contribution in [0.25, 0.3) is 0 Å². The Morgan fingerprint density at radius 1 is 1.06 bits per heavy atom. The maximum absolute atomic E-state index is 13.5. The average molecular weight is 468 g/mol. The minimum Gasteiger partial charge on any atom is -0.391 e. The third kappa shape index (κ3) is 5.11. The van der Waals surface area contributed by atoms with Crippen molar-refractivity contribution in [1.29, 1.82) is 0 Å². The Kier molecular flexibility index (Phi) is 6.97. The summed E-state index contributed by atoms with van der Waals surface area (Å²) in [5.74, 6) is 0.589. The Bertz CT molecular complexity index is 1010. The van der Waals surface area contributed by atoms with Crippen LogP contribution in [0.5, 0.6) is 5.88 Å². The second-order valence-electron chi connectivity index (χ2n) is 9.69. The highest BCUT2D eigenvalue weighted by Crippen LogP contribution is 2.34. The Labute approximate surface area is 200 Å². The lowest BCUT2D eigenvalue weighted by atomic mass is 9.92. The predicted molar refractivity (Wildman–Crippen MR) is 126 cm³/mol. The van der Waals surface area contributed by atoms with Gasteiger partial charge in [0.25, 0.3) is 0 Å². The fraction of sp³-hybridized carbons (Fsp3) is 0.542. The van der Waals surface area contributed by atoms with Gasteiger partial charge in [0.05, 0.1) is 0 Å². The SMILES string of the molecule is CC(C)(C)c1cccc(OC(=O)N2CCCCC2(NC(=O)N2CCNCC2)c2ncccn2)n1. The predicted octanol–water partition coefficient (Wildman–Crippen LogP) is 2.62. The molecule has 3 amide bonds. The van der Waals surface area contributed by atoms with Crippen LogP contribution in [0.2, 0.25) is 0 Å². The number of amides is 3. The largest absolute Gasteiger partial charge is 0.418 e. The zero-order valence-electron chi connectivity index (χ0n) is 20.1. The summed E-state index contributed by atoms with van der Waals surface area (Å²) in [6.07, 6.45) is 4.72. The first-order chi connectivity index (χ1) is 16.3.